The Labute approximate surface area is 76.4 Å². The number of rotatable bonds is 2. The average Bonchev–Trinajstić information content (AvgIpc) is 2.03. The molecule has 80 valence electrons. The Kier molecular flexibility index (Phi) is 23.4. The van der Waals surface area contributed by atoms with Crippen molar-refractivity contribution in [2.45, 2.75) is 26.4 Å². The Morgan fingerprint density at radius 3 is 1.77 bits per heavy atom. The standard InChI is InChI=1S/C4H10O2.C2H4O2.CH2O2/c1-2-4(6)3-5;1-2(3)4;2-1-3/h4-6H,2-3H2,1H3;1H3,(H,3,4);1H,(H,2,3). The van der Waals surface area contributed by atoms with Crippen LogP contribution < -0.4 is 0 Å². The van der Waals surface area contributed by atoms with E-state index in [-0.39, 0.29) is 13.1 Å². The molecule has 0 saturated heterocycles. The van der Waals surface area contributed by atoms with E-state index in [4.69, 9.17) is 30.0 Å². The third-order valence-electron chi connectivity index (χ3n) is 0.682. The van der Waals surface area contributed by atoms with Gasteiger partial charge in [-0.05, 0) is 6.42 Å². The third-order valence-corrected chi connectivity index (χ3v) is 0.682. The number of carboxylic acids is 1. The van der Waals surface area contributed by atoms with Crippen LogP contribution >= 0.6 is 0 Å². The van der Waals surface area contributed by atoms with E-state index in [0.717, 1.165) is 6.92 Å². The summed E-state index contributed by atoms with van der Waals surface area (Å²) in [6, 6.07) is 0. The van der Waals surface area contributed by atoms with Crippen LogP contribution in [-0.4, -0.2) is 45.6 Å². The fourth-order valence-electron chi connectivity index (χ4n) is 0.129. The highest BCUT2D eigenvalue weighted by atomic mass is 16.4. The Balaban J connectivity index is -0.000000125. The highest BCUT2D eigenvalue weighted by Gasteiger charge is 1.92. The molecule has 0 aromatic heterocycles. The SMILES string of the molecule is CC(=O)O.CCC(O)CO.O=CO. The summed E-state index contributed by atoms with van der Waals surface area (Å²) in [5.74, 6) is -0.833. The fraction of sp³-hybridized carbons (Fsp3) is 0.714. The first-order chi connectivity index (χ1) is 5.95. The van der Waals surface area contributed by atoms with Crippen LogP contribution in [-0.2, 0) is 9.59 Å². The molecule has 0 amide bonds. The van der Waals surface area contributed by atoms with Crippen molar-refractivity contribution in [3.8, 4) is 0 Å². The Bertz CT molecular complexity index is 106. The van der Waals surface area contributed by atoms with E-state index in [1.54, 1.807) is 0 Å². The number of carboxylic acid groups (broad SMARTS) is 2. The molecule has 0 heterocycles. The molecule has 0 saturated carbocycles. The molecule has 4 N–H and O–H groups in total. The molecule has 0 aliphatic carbocycles. The molecule has 6 heteroatoms. The minimum atomic E-state index is -0.833. The lowest BCUT2D eigenvalue weighted by Gasteiger charge is -1.97. The molecule has 0 aromatic carbocycles. The van der Waals surface area contributed by atoms with Gasteiger partial charge in [0.2, 0.25) is 0 Å². The minimum Gasteiger partial charge on any atom is -0.483 e. The molecule has 0 rings (SSSR count). The summed E-state index contributed by atoms with van der Waals surface area (Å²) in [4.78, 5) is 17.4. The fourth-order valence-corrected chi connectivity index (χ4v) is 0.129. The van der Waals surface area contributed by atoms with Gasteiger partial charge in [0.15, 0.2) is 0 Å². The smallest absolute Gasteiger partial charge is 0.300 e. The number of hydrogen-bond acceptors (Lipinski definition) is 4. The molecule has 1 unspecified atom stereocenters. The van der Waals surface area contributed by atoms with Gasteiger partial charge in [-0.2, -0.15) is 0 Å². The summed E-state index contributed by atoms with van der Waals surface area (Å²) in [5, 5.41) is 30.8. The van der Waals surface area contributed by atoms with E-state index < -0.39 is 12.1 Å². The van der Waals surface area contributed by atoms with E-state index in [0.29, 0.717) is 6.42 Å². The van der Waals surface area contributed by atoms with Gasteiger partial charge in [0, 0.05) is 6.92 Å². The van der Waals surface area contributed by atoms with Gasteiger partial charge >= 0.3 is 0 Å². The molecule has 0 aliphatic rings. The van der Waals surface area contributed by atoms with Crippen LogP contribution in [0.5, 0.6) is 0 Å². The van der Waals surface area contributed by atoms with E-state index in [1.807, 2.05) is 6.92 Å². The normalized spacial score (nSPS) is 9.54. The van der Waals surface area contributed by atoms with Gasteiger partial charge in [0.1, 0.15) is 0 Å². The van der Waals surface area contributed by atoms with Crippen molar-refractivity contribution < 1.29 is 30.0 Å². The maximum atomic E-state index is 9.00. The first kappa shape index (κ1) is 17.8. The summed E-state index contributed by atoms with van der Waals surface area (Å²) in [7, 11) is 0. The molecule has 1 atom stereocenters. The lowest BCUT2D eigenvalue weighted by atomic mass is 10.3. The van der Waals surface area contributed by atoms with Crippen LogP contribution in [0.3, 0.4) is 0 Å². The lowest BCUT2D eigenvalue weighted by Crippen LogP contribution is -2.08. The first-order valence-electron chi connectivity index (χ1n) is 3.52. The molecule has 0 aromatic rings. The van der Waals surface area contributed by atoms with Gasteiger partial charge in [-0.3, -0.25) is 9.59 Å². The summed E-state index contributed by atoms with van der Waals surface area (Å²) in [5.41, 5.74) is 0. The van der Waals surface area contributed by atoms with Gasteiger partial charge in [0.25, 0.3) is 12.4 Å². The van der Waals surface area contributed by atoms with Crippen molar-refractivity contribution in [3.63, 3.8) is 0 Å². The average molecular weight is 196 g/mol. The lowest BCUT2D eigenvalue weighted by molar-refractivity contribution is -0.134. The molecule has 0 spiro atoms. The van der Waals surface area contributed by atoms with Gasteiger partial charge in [-0.1, -0.05) is 6.92 Å². The Morgan fingerprint density at radius 2 is 1.77 bits per heavy atom. The second-order valence-corrected chi connectivity index (χ2v) is 1.87. The molecular formula is C7H16O6. The van der Waals surface area contributed by atoms with Crippen molar-refractivity contribution in [3.05, 3.63) is 0 Å². The summed E-state index contributed by atoms with van der Waals surface area (Å²) >= 11 is 0. The zero-order chi connectivity index (χ0) is 11.3. The van der Waals surface area contributed by atoms with Crippen LogP contribution in [0.1, 0.15) is 20.3 Å². The van der Waals surface area contributed by atoms with Crippen LogP contribution in [0.25, 0.3) is 0 Å². The zero-order valence-electron chi connectivity index (χ0n) is 7.67. The molecule has 0 bridgehead atoms. The number of aliphatic carboxylic acids is 1. The van der Waals surface area contributed by atoms with Gasteiger partial charge in [0.05, 0.1) is 12.7 Å². The molecular weight excluding hydrogens is 180 g/mol. The molecule has 13 heavy (non-hydrogen) atoms. The predicted octanol–water partition coefficient (Wildman–Crippen LogP) is -0.459. The Hall–Kier alpha value is -1.14. The number of carbonyl (C=O) groups is 2. The number of hydrogen-bond donors (Lipinski definition) is 4. The van der Waals surface area contributed by atoms with Crippen molar-refractivity contribution in [2.24, 2.45) is 0 Å². The highest BCUT2D eigenvalue weighted by Crippen LogP contribution is 1.83. The molecule has 0 radical (unpaired) electrons. The maximum Gasteiger partial charge on any atom is 0.300 e. The second kappa shape index (κ2) is 17.1. The van der Waals surface area contributed by atoms with E-state index >= 15 is 0 Å². The molecule has 0 fully saturated rings. The highest BCUT2D eigenvalue weighted by molar-refractivity contribution is 5.62. The number of aliphatic hydroxyl groups is 2. The van der Waals surface area contributed by atoms with Crippen molar-refractivity contribution in [1.29, 1.82) is 0 Å². The first-order valence-corrected chi connectivity index (χ1v) is 3.52. The zero-order valence-corrected chi connectivity index (χ0v) is 7.67. The van der Waals surface area contributed by atoms with Gasteiger partial charge < -0.3 is 20.4 Å². The quantitative estimate of drug-likeness (QED) is 0.444. The van der Waals surface area contributed by atoms with Crippen molar-refractivity contribution in [2.75, 3.05) is 6.61 Å². The summed E-state index contributed by atoms with van der Waals surface area (Å²) < 4.78 is 0. The summed E-state index contributed by atoms with van der Waals surface area (Å²) in [6.45, 7) is 2.54. The molecule has 6 nitrogen and oxygen atoms in total. The monoisotopic (exact) mass is 196 g/mol. The third kappa shape index (κ3) is 104. The van der Waals surface area contributed by atoms with E-state index in [9.17, 15) is 0 Å². The van der Waals surface area contributed by atoms with Gasteiger partial charge in [-0.25, -0.2) is 0 Å². The molecule has 0 aliphatic heterocycles. The largest absolute Gasteiger partial charge is 0.483 e. The summed E-state index contributed by atoms with van der Waals surface area (Å²) in [6.07, 6.45) is 0.126. The topological polar surface area (TPSA) is 115 Å². The van der Waals surface area contributed by atoms with Crippen LogP contribution in [0.15, 0.2) is 0 Å². The van der Waals surface area contributed by atoms with Crippen molar-refractivity contribution in [1.82, 2.24) is 0 Å². The van der Waals surface area contributed by atoms with Crippen LogP contribution in [0, 0.1) is 0 Å². The van der Waals surface area contributed by atoms with E-state index in [2.05, 4.69) is 0 Å². The van der Waals surface area contributed by atoms with Crippen molar-refractivity contribution >= 4 is 12.4 Å². The maximum absolute atomic E-state index is 9.00. The van der Waals surface area contributed by atoms with E-state index in [1.165, 1.54) is 0 Å². The Morgan fingerprint density at radius 1 is 1.54 bits per heavy atom. The minimum absolute atomic E-state index is 0.115. The van der Waals surface area contributed by atoms with Crippen LogP contribution in [0.2, 0.25) is 0 Å². The number of aliphatic hydroxyl groups excluding tert-OH is 2. The second-order valence-electron chi connectivity index (χ2n) is 1.87. The van der Waals surface area contributed by atoms with Crippen LogP contribution in [0.4, 0.5) is 0 Å². The predicted molar refractivity (Wildman–Crippen MR) is 45.4 cm³/mol. The van der Waals surface area contributed by atoms with Gasteiger partial charge in [-0.15, -0.1) is 0 Å².